The lowest BCUT2D eigenvalue weighted by Gasteiger charge is -2.33. The molecular weight excluding hydrogens is 437 g/mol. The first-order chi connectivity index (χ1) is 15.8. The second-order valence-corrected chi connectivity index (χ2v) is 7.56. The van der Waals surface area contributed by atoms with Crippen molar-refractivity contribution in [3.05, 3.63) is 65.2 Å². The summed E-state index contributed by atoms with van der Waals surface area (Å²) < 4.78 is 39.2. The van der Waals surface area contributed by atoms with Crippen LogP contribution < -0.4 is 16.4 Å². The number of hydrogen-bond acceptors (Lipinski definition) is 4. The van der Waals surface area contributed by atoms with E-state index in [0.717, 1.165) is 31.0 Å². The standard InChI is InChI=1S/C22H27F3N4O.CH2O2/c23-22(24,25)20-4-2-1-3-17(20)15-27-21(30)29-13-10-19(11-14-29)28-18-7-5-16(6-8-18)9-12-26;2-1-3/h1-8,19,28H,9-15,26H2,(H,27,30);1H,(H,2,3). The molecule has 5 N–H and O–H groups in total. The summed E-state index contributed by atoms with van der Waals surface area (Å²) in [5.74, 6) is 0. The Hall–Kier alpha value is -3.27. The van der Waals surface area contributed by atoms with Crippen molar-refractivity contribution in [1.29, 1.82) is 0 Å². The fourth-order valence-electron chi connectivity index (χ4n) is 3.63. The van der Waals surface area contributed by atoms with E-state index in [0.29, 0.717) is 19.6 Å². The van der Waals surface area contributed by atoms with E-state index in [1.54, 1.807) is 4.90 Å². The van der Waals surface area contributed by atoms with E-state index in [1.165, 1.54) is 23.8 Å². The van der Waals surface area contributed by atoms with Crippen LogP contribution in [-0.2, 0) is 23.9 Å². The molecule has 0 unspecified atom stereocenters. The highest BCUT2D eigenvalue weighted by Gasteiger charge is 2.33. The van der Waals surface area contributed by atoms with Gasteiger partial charge >= 0.3 is 12.2 Å². The number of anilines is 1. The number of carbonyl (C=O) groups excluding carboxylic acids is 1. The van der Waals surface area contributed by atoms with Crippen molar-refractivity contribution in [1.82, 2.24) is 10.2 Å². The number of urea groups is 1. The van der Waals surface area contributed by atoms with Gasteiger partial charge in [0.2, 0.25) is 0 Å². The highest BCUT2D eigenvalue weighted by atomic mass is 19.4. The smallest absolute Gasteiger partial charge is 0.416 e. The van der Waals surface area contributed by atoms with Crippen LogP contribution in [0, 0.1) is 0 Å². The van der Waals surface area contributed by atoms with E-state index in [9.17, 15) is 18.0 Å². The molecule has 1 aliphatic rings. The number of carbonyl (C=O) groups is 2. The number of piperidine rings is 1. The van der Waals surface area contributed by atoms with Crippen molar-refractivity contribution in [3.63, 3.8) is 0 Å². The zero-order valence-electron chi connectivity index (χ0n) is 18.1. The highest BCUT2D eigenvalue weighted by Crippen LogP contribution is 2.31. The molecule has 1 saturated heterocycles. The van der Waals surface area contributed by atoms with E-state index < -0.39 is 11.7 Å². The zero-order chi connectivity index (χ0) is 24.3. The quantitative estimate of drug-likeness (QED) is 0.486. The van der Waals surface area contributed by atoms with Crippen LogP contribution in [-0.4, -0.2) is 48.2 Å². The summed E-state index contributed by atoms with van der Waals surface area (Å²) in [4.78, 5) is 22.4. The van der Waals surface area contributed by atoms with Crippen molar-refractivity contribution < 1.29 is 27.9 Å². The maximum Gasteiger partial charge on any atom is 0.416 e. The van der Waals surface area contributed by atoms with Gasteiger partial charge in [-0.15, -0.1) is 0 Å². The van der Waals surface area contributed by atoms with Gasteiger partial charge in [-0.1, -0.05) is 30.3 Å². The van der Waals surface area contributed by atoms with Gasteiger partial charge in [-0.25, -0.2) is 4.79 Å². The Balaban J connectivity index is 0.00000122. The summed E-state index contributed by atoms with van der Waals surface area (Å²) in [6.07, 6.45) is -2.04. The number of hydrogen-bond donors (Lipinski definition) is 4. The lowest BCUT2D eigenvalue weighted by atomic mass is 10.0. The number of likely N-dealkylation sites (tertiary alicyclic amines) is 1. The summed E-state index contributed by atoms with van der Waals surface area (Å²) in [5.41, 5.74) is 7.14. The number of rotatable bonds is 6. The molecule has 0 saturated carbocycles. The molecule has 180 valence electrons. The van der Waals surface area contributed by atoms with Crippen LogP contribution in [0.25, 0.3) is 0 Å². The predicted octanol–water partition coefficient (Wildman–Crippen LogP) is 3.69. The third-order valence-electron chi connectivity index (χ3n) is 5.29. The Morgan fingerprint density at radius 1 is 1.12 bits per heavy atom. The van der Waals surface area contributed by atoms with Crippen molar-refractivity contribution in [2.45, 2.75) is 38.0 Å². The molecule has 10 heteroatoms. The Bertz CT molecular complexity index is 883. The molecule has 1 aliphatic heterocycles. The van der Waals surface area contributed by atoms with Crippen LogP contribution >= 0.6 is 0 Å². The van der Waals surface area contributed by atoms with Crippen LogP contribution in [0.5, 0.6) is 0 Å². The number of nitrogens with zero attached hydrogens (tertiary/aromatic N) is 1. The molecule has 0 aliphatic carbocycles. The first kappa shape index (κ1) is 26.0. The van der Waals surface area contributed by atoms with Crippen LogP contribution in [0.15, 0.2) is 48.5 Å². The second kappa shape index (κ2) is 12.7. The van der Waals surface area contributed by atoms with Gasteiger partial charge in [0.1, 0.15) is 0 Å². The molecule has 1 heterocycles. The zero-order valence-corrected chi connectivity index (χ0v) is 18.1. The Morgan fingerprint density at radius 2 is 1.73 bits per heavy atom. The fraction of sp³-hybridized carbons (Fsp3) is 0.391. The number of halogens is 3. The van der Waals surface area contributed by atoms with Gasteiger partial charge in [0, 0.05) is 31.4 Å². The largest absolute Gasteiger partial charge is 0.483 e. The molecule has 3 rings (SSSR count). The monoisotopic (exact) mass is 466 g/mol. The molecule has 2 amide bonds. The SMILES string of the molecule is NCCc1ccc(NC2CCN(C(=O)NCc3ccccc3C(F)(F)F)CC2)cc1.O=CO. The summed E-state index contributed by atoms with van der Waals surface area (Å²) in [6, 6.07) is 13.4. The van der Waals surface area contributed by atoms with Gasteiger partial charge in [-0.3, -0.25) is 4.79 Å². The molecule has 0 spiro atoms. The van der Waals surface area contributed by atoms with E-state index in [1.807, 2.05) is 12.1 Å². The lowest BCUT2D eigenvalue weighted by molar-refractivity contribution is -0.138. The Labute approximate surface area is 190 Å². The molecule has 7 nitrogen and oxygen atoms in total. The number of benzene rings is 2. The van der Waals surface area contributed by atoms with Gasteiger partial charge in [0.15, 0.2) is 0 Å². The molecular formula is C23H29F3N4O3. The number of amides is 2. The molecule has 33 heavy (non-hydrogen) atoms. The molecule has 1 fully saturated rings. The predicted molar refractivity (Wildman–Crippen MR) is 120 cm³/mol. The van der Waals surface area contributed by atoms with Gasteiger partial charge < -0.3 is 26.4 Å². The van der Waals surface area contributed by atoms with Crippen LogP contribution in [0.2, 0.25) is 0 Å². The third kappa shape index (κ3) is 8.30. The number of nitrogens with two attached hydrogens (primary N) is 1. The first-order valence-electron chi connectivity index (χ1n) is 10.6. The highest BCUT2D eigenvalue weighted by molar-refractivity contribution is 5.74. The average Bonchev–Trinajstić information content (AvgIpc) is 2.79. The minimum Gasteiger partial charge on any atom is -0.483 e. The summed E-state index contributed by atoms with van der Waals surface area (Å²) >= 11 is 0. The van der Waals surface area contributed by atoms with Gasteiger partial charge in [-0.05, 0) is 55.1 Å². The van der Waals surface area contributed by atoms with Crippen molar-refractivity contribution in [3.8, 4) is 0 Å². The summed E-state index contributed by atoms with van der Waals surface area (Å²) in [5, 5.41) is 13.0. The van der Waals surface area contributed by atoms with Crippen LogP contribution in [0.4, 0.5) is 23.7 Å². The maximum atomic E-state index is 13.1. The lowest BCUT2D eigenvalue weighted by Crippen LogP contribution is -2.46. The molecule has 2 aromatic rings. The number of carboxylic acid groups (broad SMARTS) is 1. The van der Waals surface area contributed by atoms with Gasteiger partial charge in [0.25, 0.3) is 6.47 Å². The van der Waals surface area contributed by atoms with Crippen molar-refractivity contribution in [2.75, 3.05) is 25.0 Å². The van der Waals surface area contributed by atoms with E-state index >= 15 is 0 Å². The van der Waals surface area contributed by atoms with Crippen LogP contribution in [0.3, 0.4) is 0 Å². The van der Waals surface area contributed by atoms with Crippen molar-refractivity contribution in [2.24, 2.45) is 5.73 Å². The molecule has 0 atom stereocenters. The van der Waals surface area contributed by atoms with Crippen LogP contribution in [0.1, 0.15) is 29.5 Å². The van der Waals surface area contributed by atoms with E-state index in [4.69, 9.17) is 15.6 Å². The Kier molecular flexibility index (Phi) is 9.99. The van der Waals surface area contributed by atoms with Crippen molar-refractivity contribution >= 4 is 18.2 Å². The van der Waals surface area contributed by atoms with Gasteiger partial charge in [0.05, 0.1) is 5.56 Å². The number of nitrogens with one attached hydrogen (secondary N) is 2. The summed E-state index contributed by atoms with van der Waals surface area (Å²) in [6.45, 7) is 1.32. The molecule has 0 bridgehead atoms. The maximum absolute atomic E-state index is 13.1. The van der Waals surface area contributed by atoms with E-state index in [-0.39, 0.29) is 30.7 Å². The molecule has 2 aromatic carbocycles. The molecule has 0 aromatic heterocycles. The second-order valence-electron chi connectivity index (χ2n) is 7.56. The third-order valence-corrected chi connectivity index (χ3v) is 5.29. The Morgan fingerprint density at radius 3 is 2.30 bits per heavy atom. The number of alkyl halides is 3. The average molecular weight is 467 g/mol. The normalized spacial score (nSPS) is 14.1. The van der Waals surface area contributed by atoms with E-state index in [2.05, 4.69) is 22.8 Å². The minimum atomic E-state index is -4.44. The first-order valence-corrected chi connectivity index (χ1v) is 10.6. The molecule has 0 radical (unpaired) electrons. The summed E-state index contributed by atoms with van der Waals surface area (Å²) in [7, 11) is 0. The fourth-order valence-corrected chi connectivity index (χ4v) is 3.63. The van der Waals surface area contributed by atoms with Gasteiger partial charge in [-0.2, -0.15) is 13.2 Å². The topological polar surface area (TPSA) is 108 Å². The minimum absolute atomic E-state index is 0.0629.